The lowest BCUT2D eigenvalue weighted by Gasteiger charge is -2.33. The largest absolute Gasteiger partial charge is 0.0998 e. The van der Waals surface area contributed by atoms with Crippen molar-refractivity contribution in [2.24, 2.45) is 0 Å². The van der Waals surface area contributed by atoms with Gasteiger partial charge in [0.1, 0.15) is 0 Å². The van der Waals surface area contributed by atoms with Crippen molar-refractivity contribution in [2.75, 3.05) is 0 Å². The molecule has 0 nitrogen and oxygen atoms in total. The van der Waals surface area contributed by atoms with Crippen molar-refractivity contribution < 1.29 is 0 Å². The van der Waals surface area contributed by atoms with E-state index in [1.54, 1.807) is 21.7 Å². The van der Waals surface area contributed by atoms with Gasteiger partial charge in [-0.3, -0.25) is 0 Å². The Labute approximate surface area is 164 Å². The van der Waals surface area contributed by atoms with E-state index in [1.165, 1.54) is 36.6 Å². The maximum atomic E-state index is 2.46. The van der Waals surface area contributed by atoms with Gasteiger partial charge in [-0.25, -0.2) is 0 Å². The Hall–Kier alpha value is -1.91. The molecular weight excluding hydrogens is 343 g/mol. The van der Waals surface area contributed by atoms with Crippen LogP contribution in [0.2, 0.25) is 0 Å². The Kier molecular flexibility index (Phi) is 4.21. The second-order valence-electron chi connectivity index (χ2n) is 8.44. The van der Waals surface area contributed by atoms with E-state index in [0.717, 1.165) is 11.6 Å². The number of benzene rings is 3. The van der Waals surface area contributed by atoms with Gasteiger partial charge in [-0.15, -0.1) is 0 Å². The van der Waals surface area contributed by atoms with E-state index in [1.807, 2.05) is 0 Å². The summed E-state index contributed by atoms with van der Waals surface area (Å²) in [5, 5.41) is 3.21. The standard InChI is InChI=1S/C26H28P/c1-19-13-16-25-21-14-15-24(17-21)27(18-26(25)20(19)2,22-9-5-3-6-10-22)23-11-7-4-8-12-23/h3-13,16,21,24H,14-15,17-18H2,1-2H3/q+1/t21-,24+/m0/s1. The highest BCUT2D eigenvalue weighted by Crippen LogP contribution is 2.71. The summed E-state index contributed by atoms with van der Waals surface area (Å²) in [6.45, 7) is 4.64. The van der Waals surface area contributed by atoms with Crippen LogP contribution >= 0.6 is 7.26 Å². The Bertz CT molecular complexity index is 919. The van der Waals surface area contributed by atoms with Gasteiger partial charge in [0.2, 0.25) is 0 Å². The average molecular weight is 371 g/mol. The van der Waals surface area contributed by atoms with Gasteiger partial charge in [-0.05, 0) is 85.5 Å². The third-order valence-corrected chi connectivity index (χ3v) is 12.2. The number of fused-ring (bicyclic) bond motifs is 4. The van der Waals surface area contributed by atoms with Crippen LogP contribution in [0, 0.1) is 13.8 Å². The SMILES string of the molecule is Cc1ccc2c(c1C)C[P+](c1ccccc1)(c1ccccc1)[C@@H]1CC[C@H]2C1. The number of hydrogen-bond donors (Lipinski definition) is 0. The van der Waals surface area contributed by atoms with Gasteiger partial charge in [0.25, 0.3) is 0 Å². The molecule has 0 N–H and O–H groups in total. The molecule has 2 aliphatic rings. The Balaban J connectivity index is 1.81. The van der Waals surface area contributed by atoms with Gasteiger partial charge in [0.05, 0.1) is 29.7 Å². The molecule has 1 aliphatic carbocycles. The number of aryl methyl sites for hydroxylation is 1. The first-order valence-electron chi connectivity index (χ1n) is 10.3. The first kappa shape index (κ1) is 17.2. The summed E-state index contributed by atoms with van der Waals surface area (Å²) < 4.78 is 0. The molecule has 1 heterocycles. The lowest BCUT2D eigenvalue weighted by atomic mass is 9.89. The average Bonchev–Trinajstić information content (AvgIpc) is 3.14. The zero-order valence-electron chi connectivity index (χ0n) is 16.4. The fraction of sp³-hybridized carbons (Fsp3) is 0.308. The molecular formula is C26H28P+. The molecule has 136 valence electrons. The molecule has 5 rings (SSSR count). The molecule has 3 aromatic carbocycles. The van der Waals surface area contributed by atoms with Crippen LogP contribution < -0.4 is 10.6 Å². The minimum Gasteiger partial charge on any atom is -0.0620 e. The zero-order chi connectivity index (χ0) is 18.4. The van der Waals surface area contributed by atoms with Gasteiger partial charge < -0.3 is 0 Å². The molecule has 0 saturated heterocycles. The van der Waals surface area contributed by atoms with Crippen molar-refractivity contribution in [3.8, 4) is 0 Å². The van der Waals surface area contributed by atoms with Crippen molar-refractivity contribution in [1.29, 1.82) is 0 Å². The van der Waals surface area contributed by atoms with Crippen LogP contribution in [-0.4, -0.2) is 5.66 Å². The quantitative estimate of drug-likeness (QED) is 0.476. The van der Waals surface area contributed by atoms with Crippen LogP contribution in [0.4, 0.5) is 0 Å². The topological polar surface area (TPSA) is 0 Å². The van der Waals surface area contributed by atoms with Crippen molar-refractivity contribution in [3.05, 3.63) is 95.1 Å². The highest BCUT2D eigenvalue weighted by atomic mass is 31.2. The van der Waals surface area contributed by atoms with Gasteiger partial charge in [0, 0.05) is 0 Å². The molecule has 3 aromatic rings. The van der Waals surface area contributed by atoms with Crippen LogP contribution in [0.3, 0.4) is 0 Å². The van der Waals surface area contributed by atoms with Crippen LogP contribution in [0.5, 0.6) is 0 Å². The van der Waals surface area contributed by atoms with E-state index >= 15 is 0 Å². The summed E-state index contributed by atoms with van der Waals surface area (Å²) in [7, 11) is -1.49. The Morgan fingerprint density at radius 2 is 1.37 bits per heavy atom. The normalized spacial score (nSPS) is 22.9. The van der Waals surface area contributed by atoms with Gasteiger partial charge >= 0.3 is 0 Å². The van der Waals surface area contributed by atoms with E-state index in [9.17, 15) is 0 Å². The number of hydrogen-bond acceptors (Lipinski definition) is 0. The highest BCUT2D eigenvalue weighted by Gasteiger charge is 2.55. The van der Waals surface area contributed by atoms with E-state index < -0.39 is 7.26 Å². The lowest BCUT2D eigenvalue weighted by molar-refractivity contribution is 0.720. The summed E-state index contributed by atoms with van der Waals surface area (Å²) in [5.74, 6) is 0.763. The maximum absolute atomic E-state index is 2.46. The van der Waals surface area contributed by atoms with Crippen molar-refractivity contribution >= 4 is 17.9 Å². The van der Waals surface area contributed by atoms with Crippen molar-refractivity contribution in [1.82, 2.24) is 0 Å². The van der Waals surface area contributed by atoms with Crippen molar-refractivity contribution in [2.45, 2.75) is 50.8 Å². The summed E-state index contributed by atoms with van der Waals surface area (Å²) in [6, 6.07) is 27.8. The van der Waals surface area contributed by atoms with Crippen LogP contribution in [0.1, 0.15) is 47.4 Å². The van der Waals surface area contributed by atoms with Crippen molar-refractivity contribution in [3.63, 3.8) is 0 Å². The Morgan fingerprint density at radius 3 is 2.00 bits per heavy atom. The predicted octanol–water partition coefficient (Wildman–Crippen LogP) is 6.12. The molecule has 0 spiro atoms. The minimum absolute atomic E-state index is 0.763. The summed E-state index contributed by atoms with van der Waals surface area (Å²) in [6.07, 6.45) is 5.36. The van der Waals surface area contributed by atoms with Crippen LogP contribution in [0.25, 0.3) is 0 Å². The predicted molar refractivity (Wildman–Crippen MR) is 119 cm³/mol. The van der Waals surface area contributed by atoms with Gasteiger partial charge in [-0.1, -0.05) is 48.5 Å². The molecule has 0 amide bonds. The number of rotatable bonds is 2. The lowest BCUT2D eigenvalue weighted by Crippen LogP contribution is -2.31. The summed E-state index contributed by atoms with van der Waals surface area (Å²) in [5.41, 5.74) is 7.14. The molecule has 1 saturated carbocycles. The van der Waals surface area contributed by atoms with Crippen LogP contribution in [0.15, 0.2) is 72.8 Å². The van der Waals surface area contributed by atoms with Gasteiger partial charge in [0.15, 0.2) is 0 Å². The summed E-state index contributed by atoms with van der Waals surface area (Å²) >= 11 is 0. The monoisotopic (exact) mass is 371 g/mol. The molecule has 0 aromatic heterocycles. The maximum Gasteiger partial charge on any atom is 0.0998 e. The first-order valence-corrected chi connectivity index (χ1v) is 12.3. The smallest absolute Gasteiger partial charge is 0.0620 e. The first-order chi connectivity index (χ1) is 13.2. The molecule has 1 fully saturated rings. The minimum atomic E-state index is -1.49. The Morgan fingerprint density at radius 1 is 0.741 bits per heavy atom. The van der Waals surface area contributed by atoms with Crippen LogP contribution in [-0.2, 0) is 6.16 Å². The molecule has 27 heavy (non-hydrogen) atoms. The summed E-state index contributed by atoms with van der Waals surface area (Å²) in [4.78, 5) is 0. The second kappa shape index (κ2) is 6.61. The third kappa shape index (κ3) is 2.61. The van der Waals surface area contributed by atoms with E-state index in [4.69, 9.17) is 0 Å². The molecule has 0 unspecified atom stereocenters. The molecule has 1 heteroatoms. The zero-order valence-corrected chi connectivity index (χ0v) is 17.3. The second-order valence-corrected chi connectivity index (χ2v) is 12.3. The van der Waals surface area contributed by atoms with E-state index in [-0.39, 0.29) is 0 Å². The molecule has 0 radical (unpaired) electrons. The van der Waals surface area contributed by atoms with E-state index in [0.29, 0.717) is 0 Å². The highest BCUT2D eigenvalue weighted by molar-refractivity contribution is 7.89. The third-order valence-electron chi connectivity index (χ3n) is 7.22. The van der Waals surface area contributed by atoms with E-state index in [2.05, 4.69) is 86.6 Å². The molecule has 2 atom stereocenters. The molecule has 2 bridgehead atoms. The molecule has 1 aliphatic heterocycles. The fourth-order valence-electron chi connectivity index (χ4n) is 5.65. The van der Waals surface area contributed by atoms with Gasteiger partial charge in [-0.2, -0.15) is 0 Å². The fourth-order valence-corrected chi connectivity index (χ4v) is 10.9.